The van der Waals surface area contributed by atoms with Crippen LogP contribution in [0.15, 0.2) is 42.7 Å². The molecule has 2 atom stereocenters. The highest BCUT2D eigenvalue weighted by molar-refractivity contribution is 6.37. The third-order valence-corrected chi connectivity index (χ3v) is 7.12. The van der Waals surface area contributed by atoms with Crippen molar-refractivity contribution in [1.29, 1.82) is 0 Å². The van der Waals surface area contributed by atoms with E-state index in [0.29, 0.717) is 22.4 Å². The Morgan fingerprint density at radius 2 is 2.09 bits per heavy atom. The first-order chi connectivity index (χ1) is 15.9. The zero-order valence-electron chi connectivity index (χ0n) is 18.2. The van der Waals surface area contributed by atoms with E-state index in [9.17, 15) is 9.90 Å². The van der Waals surface area contributed by atoms with Crippen LogP contribution >= 0.6 is 23.2 Å². The summed E-state index contributed by atoms with van der Waals surface area (Å²) in [4.78, 5) is 15.4. The topological polar surface area (TPSA) is 87.0 Å². The van der Waals surface area contributed by atoms with Crippen molar-refractivity contribution >= 4 is 40.0 Å². The Bertz CT molecular complexity index is 1360. The van der Waals surface area contributed by atoms with Crippen LogP contribution in [0.3, 0.4) is 0 Å². The SMILES string of the molecule is C[C@H]1c2cccc(-c3cnn(C)c3)c2C[C@H](CO)N1C(=O)Cc1c(Cl)ccc2[nH]nc(Cl)c12. The van der Waals surface area contributed by atoms with Gasteiger partial charge in [0.25, 0.3) is 0 Å². The third kappa shape index (κ3) is 3.70. The molecule has 4 aromatic rings. The average Bonchev–Trinajstić information content (AvgIpc) is 3.40. The van der Waals surface area contributed by atoms with E-state index in [1.54, 1.807) is 21.7 Å². The van der Waals surface area contributed by atoms with Crippen molar-refractivity contribution in [3.8, 4) is 11.1 Å². The van der Waals surface area contributed by atoms with Gasteiger partial charge in [0.1, 0.15) is 0 Å². The van der Waals surface area contributed by atoms with Crippen molar-refractivity contribution in [2.24, 2.45) is 7.05 Å². The van der Waals surface area contributed by atoms with E-state index in [4.69, 9.17) is 23.2 Å². The van der Waals surface area contributed by atoms with Gasteiger partial charge in [0.05, 0.1) is 36.8 Å². The number of carbonyl (C=O) groups excluding carboxylic acids is 1. The van der Waals surface area contributed by atoms with Crippen LogP contribution < -0.4 is 0 Å². The van der Waals surface area contributed by atoms with E-state index in [-0.39, 0.29) is 36.2 Å². The molecule has 0 bridgehead atoms. The number of aromatic nitrogens is 4. The Morgan fingerprint density at radius 1 is 1.27 bits per heavy atom. The molecule has 0 unspecified atom stereocenters. The normalized spacial score (nSPS) is 18.0. The number of carbonyl (C=O) groups is 1. The minimum absolute atomic E-state index is 0.0634. The summed E-state index contributed by atoms with van der Waals surface area (Å²) in [5.41, 5.74) is 5.67. The molecule has 5 rings (SSSR count). The number of rotatable bonds is 4. The molecule has 9 heteroatoms. The second kappa shape index (κ2) is 8.48. The number of aryl methyl sites for hydroxylation is 1. The maximum Gasteiger partial charge on any atom is 0.227 e. The Hall–Kier alpha value is -2.87. The molecule has 33 heavy (non-hydrogen) atoms. The Labute approximate surface area is 200 Å². The molecule has 0 saturated carbocycles. The van der Waals surface area contributed by atoms with E-state index in [0.717, 1.165) is 27.8 Å². The summed E-state index contributed by atoms with van der Waals surface area (Å²) >= 11 is 12.7. The first-order valence-electron chi connectivity index (χ1n) is 10.7. The van der Waals surface area contributed by atoms with Gasteiger partial charge in [-0.15, -0.1) is 0 Å². The Morgan fingerprint density at radius 3 is 2.82 bits per heavy atom. The fraction of sp³-hybridized carbons (Fsp3) is 0.292. The van der Waals surface area contributed by atoms with Crippen molar-refractivity contribution in [1.82, 2.24) is 24.9 Å². The lowest BCUT2D eigenvalue weighted by Gasteiger charge is -2.42. The van der Waals surface area contributed by atoms with E-state index in [1.807, 2.05) is 38.5 Å². The minimum Gasteiger partial charge on any atom is -0.394 e. The lowest BCUT2D eigenvalue weighted by molar-refractivity contribution is -0.137. The summed E-state index contributed by atoms with van der Waals surface area (Å²) in [6.45, 7) is 1.86. The fourth-order valence-corrected chi connectivity index (χ4v) is 5.44. The van der Waals surface area contributed by atoms with Crippen molar-refractivity contribution in [3.05, 3.63) is 69.6 Å². The fourth-order valence-electron chi connectivity index (χ4n) is 4.96. The van der Waals surface area contributed by atoms with Crippen LogP contribution in [0.25, 0.3) is 22.0 Å². The molecule has 7 nitrogen and oxygen atoms in total. The maximum absolute atomic E-state index is 13.6. The molecule has 0 saturated heterocycles. The Balaban J connectivity index is 1.52. The van der Waals surface area contributed by atoms with Gasteiger partial charge in [-0.05, 0) is 47.7 Å². The standard InChI is InChI=1S/C24H23Cl2N5O2/c1-13-16-4-3-5-17(14-10-27-30(2)11-14)18(16)8-15(12-32)31(13)22(33)9-19-20(25)6-7-21-23(19)24(26)29-28-21/h3-7,10-11,13,15,32H,8-9,12H2,1-2H3,(H,28,29)/t13-,15+/m0/s1. The highest BCUT2D eigenvalue weighted by Crippen LogP contribution is 2.39. The van der Waals surface area contributed by atoms with Gasteiger partial charge in [-0.25, -0.2) is 0 Å². The van der Waals surface area contributed by atoms with Crippen LogP contribution in [-0.2, 0) is 24.7 Å². The average molecular weight is 484 g/mol. The lowest BCUT2D eigenvalue weighted by atomic mass is 9.84. The number of hydrogen-bond acceptors (Lipinski definition) is 4. The summed E-state index contributed by atoms with van der Waals surface area (Å²) in [6, 6.07) is 9.08. The summed E-state index contributed by atoms with van der Waals surface area (Å²) in [7, 11) is 1.89. The highest BCUT2D eigenvalue weighted by Gasteiger charge is 2.36. The number of nitrogens with zero attached hydrogens (tertiary/aromatic N) is 4. The largest absolute Gasteiger partial charge is 0.394 e. The minimum atomic E-state index is -0.351. The van der Waals surface area contributed by atoms with Crippen molar-refractivity contribution in [2.45, 2.75) is 31.8 Å². The van der Waals surface area contributed by atoms with Crippen LogP contribution in [0.1, 0.15) is 29.7 Å². The van der Waals surface area contributed by atoms with Crippen molar-refractivity contribution in [3.63, 3.8) is 0 Å². The molecule has 2 N–H and O–H groups in total. The predicted octanol–water partition coefficient (Wildman–Crippen LogP) is 4.32. The molecule has 1 aliphatic heterocycles. The van der Waals surface area contributed by atoms with Crippen LogP contribution in [0.2, 0.25) is 10.2 Å². The summed E-state index contributed by atoms with van der Waals surface area (Å²) < 4.78 is 1.77. The van der Waals surface area contributed by atoms with Gasteiger partial charge < -0.3 is 10.0 Å². The number of hydrogen-bond donors (Lipinski definition) is 2. The monoisotopic (exact) mass is 483 g/mol. The molecule has 3 heterocycles. The molecule has 0 radical (unpaired) electrons. The van der Waals surface area contributed by atoms with Gasteiger partial charge >= 0.3 is 0 Å². The highest BCUT2D eigenvalue weighted by atomic mass is 35.5. The number of amides is 1. The van der Waals surface area contributed by atoms with Crippen LogP contribution in [0, 0.1) is 0 Å². The molecule has 1 amide bonds. The number of aliphatic hydroxyl groups excluding tert-OH is 1. The van der Waals surface area contributed by atoms with E-state index >= 15 is 0 Å². The van der Waals surface area contributed by atoms with Crippen LogP contribution in [0.5, 0.6) is 0 Å². The zero-order valence-corrected chi connectivity index (χ0v) is 19.7. The predicted molar refractivity (Wildman–Crippen MR) is 128 cm³/mol. The molecule has 0 fully saturated rings. The second-order valence-electron chi connectivity index (χ2n) is 8.43. The van der Waals surface area contributed by atoms with Crippen molar-refractivity contribution < 1.29 is 9.90 Å². The van der Waals surface area contributed by atoms with Gasteiger partial charge in [-0.3, -0.25) is 14.6 Å². The molecule has 2 aromatic carbocycles. The molecular formula is C24H23Cl2N5O2. The Kier molecular flexibility index (Phi) is 5.64. The smallest absolute Gasteiger partial charge is 0.227 e. The molecule has 170 valence electrons. The number of nitrogens with one attached hydrogen (secondary N) is 1. The second-order valence-corrected chi connectivity index (χ2v) is 9.20. The quantitative estimate of drug-likeness (QED) is 0.452. The first kappa shape index (κ1) is 21.9. The molecular weight excluding hydrogens is 461 g/mol. The third-order valence-electron chi connectivity index (χ3n) is 6.49. The number of aliphatic hydroxyl groups is 1. The van der Waals surface area contributed by atoms with Gasteiger partial charge in [0, 0.05) is 29.2 Å². The van der Waals surface area contributed by atoms with Gasteiger partial charge in [-0.2, -0.15) is 10.2 Å². The lowest BCUT2D eigenvalue weighted by Crippen LogP contribution is -2.49. The first-order valence-corrected chi connectivity index (χ1v) is 11.5. The number of fused-ring (bicyclic) bond motifs is 2. The van der Waals surface area contributed by atoms with Gasteiger partial charge in [0.15, 0.2) is 5.15 Å². The van der Waals surface area contributed by atoms with Gasteiger partial charge in [-0.1, -0.05) is 41.4 Å². The van der Waals surface area contributed by atoms with Crippen LogP contribution in [0.4, 0.5) is 0 Å². The van der Waals surface area contributed by atoms with E-state index < -0.39 is 0 Å². The number of aromatic amines is 1. The number of halogens is 2. The molecule has 2 aromatic heterocycles. The van der Waals surface area contributed by atoms with Gasteiger partial charge in [0.2, 0.25) is 5.91 Å². The van der Waals surface area contributed by atoms with E-state index in [2.05, 4.69) is 21.4 Å². The maximum atomic E-state index is 13.6. The zero-order chi connectivity index (χ0) is 23.3. The molecule has 0 spiro atoms. The van der Waals surface area contributed by atoms with E-state index in [1.165, 1.54) is 0 Å². The summed E-state index contributed by atoms with van der Waals surface area (Å²) in [5, 5.41) is 22.9. The summed E-state index contributed by atoms with van der Waals surface area (Å²) in [6.07, 6.45) is 4.43. The molecule has 0 aliphatic carbocycles. The van der Waals surface area contributed by atoms with Crippen molar-refractivity contribution in [2.75, 3.05) is 6.61 Å². The summed E-state index contributed by atoms with van der Waals surface area (Å²) in [5.74, 6) is -0.120. The number of H-pyrrole nitrogens is 1. The molecule has 1 aliphatic rings. The van der Waals surface area contributed by atoms with Crippen LogP contribution in [-0.4, -0.2) is 48.5 Å². The number of benzene rings is 2.